The molecule has 0 atom stereocenters. The van der Waals surface area contributed by atoms with E-state index in [0.717, 1.165) is 11.3 Å². The average molecular weight is 468 g/mol. The second-order valence-electron chi connectivity index (χ2n) is 5.98. The second-order valence-corrected chi connectivity index (χ2v) is 8.09. The minimum atomic E-state index is -0.247. The Labute approximate surface area is 185 Å². The number of halogens is 3. The van der Waals surface area contributed by atoms with Crippen LogP contribution in [0.5, 0.6) is 5.75 Å². The predicted octanol–water partition coefficient (Wildman–Crippen LogP) is 5.83. The number of thiazole rings is 1. The van der Waals surface area contributed by atoms with E-state index >= 15 is 0 Å². The van der Waals surface area contributed by atoms with Crippen LogP contribution in [0.1, 0.15) is 6.42 Å². The van der Waals surface area contributed by atoms with Gasteiger partial charge in [-0.05, 0) is 42.5 Å². The molecule has 0 aliphatic carbocycles. The maximum Gasteiger partial charge on any atom is 0.250 e. The van der Waals surface area contributed by atoms with E-state index in [9.17, 15) is 4.79 Å². The zero-order valence-electron chi connectivity index (χ0n) is 14.7. The summed E-state index contributed by atoms with van der Waals surface area (Å²) in [5.41, 5.74) is 1.55. The largest absolute Gasteiger partial charge is 0.493 e. The SMILES string of the molecule is O=C(CCOc1ccc(Cl)cc1)Nc1nc2scc(-c3ccc(Cl)cc3Cl)n2n1. The van der Waals surface area contributed by atoms with E-state index in [1.165, 1.54) is 11.3 Å². The first-order valence-corrected chi connectivity index (χ1v) is 10.5. The molecule has 2 heterocycles. The van der Waals surface area contributed by atoms with Gasteiger partial charge in [0, 0.05) is 21.0 Å². The standard InChI is InChI=1S/C19H13Cl3N4O2S/c20-11-1-4-13(5-2-11)28-8-7-17(27)23-18-24-19-26(25-18)16(10-29-19)14-6-3-12(21)9-15(14)22/h1-6,9-10H,7-8H2,(H,23,25,27). The number of anilines is 1. The van der Waals surface area contributed by atoms with E-state index in [1.54, 1.807) is 40.9 Å². The highest BCUT2D eigenvalue weighted by Crippen LogP contribution is 2.33. The van der Waals surface area contributed by atoms with Crippen molar-refractivity contribution in [3.05, 3.63) is 62.9 Å². The van der Waals surface area contributed by atoms with Gasteiger partial charge in [-0.2, -0.15) is 4.98 Å². The molecular formula is C19H13Cl3N4O2S. The number of ether oxygens (including phenoxy) is 1. The lowest BCUT2D eigenvalue weighted by molar-refractivity contribution is -0.116. The zero-order chi connectivity index (χ0) is 20.4. The third-order valence-corrected chi connectivity index (χ3v) is 5.57. The van der Waals surface area contributed by atoms with Crippen molar-refractivity contribution < 1.29 is 9.53 Å². The molecule has 0 radical (unpaired) electrons. The van der Waals surface area contributed by atoms with Gasteiger partial charge in [0.05, 0.1) is 23.7 Å². The summed E-state index contributed by atoms with van der Waals surface area (Å²) < 4.78 is 7.16. The molecule has 2 aromatic carbocycles. The van der Waals surface area contributed by atoms with Crippen LogP contribution in [-0.4, -0.2) is 27.1 Å². The Morgan fingerprint density at radius 1 is 1.10 bits per heavy atom. The minimum Gasteiger partial charge on any atom is -0.493 e. The number of nitrogens with zero attached hydrogens (tertiary/aromatic N) is 3. The van der Waals surface area contributed by atoms with Gasteiger partial charge in [0.25, 0.3) is 0 Å². The maximum atomic E-state index is 12.2. The Hall–Kier alpha value is -2.32. The third kappa shape index (κ3) is 4.64. The summed E-state index contributed by atoms with van der Waals surface area (Å²) in [6.45, 7) is 0.224. The summed E-state index contributed by atoms with van der Waals surface area (Å²) in [5.74, 6) is 0.621. The smallest absolute Gasteiger partial charge is 0.250 e. The molecule has 0 unspecified atom stereocenters. The fourth-order valence-electron chi connectivity index (χ4n) is 2.60. The van der Waals surface area contributed by atoms with Gasteiger partial charge in [-0.25, -0.2) is 4.52 Å². The highest BCUT2D eigenvalue weighted by molar-refractivity contribution is 7.15. The monoisotopic (exact) mass is 466 g/mol. The molecule has 4 aromatic rings. The van der Waals surface area contributed by atoms with Gasteiger partial charge in [0.1, 0.15) is 5.75 Å². The van der Waals surface area contributed by atoms with Crippen molar-refractivity contribution in [2.24, 2.45) is 0 Å². The quantitative estimate of drug-likeness (QED) is 0.387. The fourth-order valence-corrected chi connectivity index (χ4v) is 4.05. The molecule has 0 saturated heterocycles. The molecule has 0 aliphatic rings. The van der Waals surface area contributed by atoms with Crippen molar-refractivity contribution in [1.82, 2.24) is 14.6 Å². The van der Waals surface area contributed by atoms with E-state index < -0.39 is 0 Å². The second kappa shape index (κ2) is 8.59. The molecule has 6 nitrogen and oxygen atoms in total. The number of amides is 1. The number of hydrogen-bond acceptors (Lipinski definition) is 5. The molecule has 10 heteroatoms. The molecule has 0 spiro atoms. The van der Waals surface area contributed by atoms with E-state index in [0.29, 0.717) is 25.8 Å². The zero-order valence-corrected chi connectivity index (χ0v) is 17.8. The molecule has 0 aliphatic heterocycles. The van der Waals surface area contributed by atoms with Crippen LogP contribution in [0.4, 0.5) is 5.95 Å². The molecule has 148 valence electrons. The fraction of sp³-hybridized carbons (Fsp3) is 0.105. The highest BCUT2D eigenvalue weighted by atomic mass is 35.5. The van der Waals surface area contributed by atoms with Crippen LogP contribution >= 0.6 is 46.1 Å². The minimum absolute atomic E-state index is 0.158. The summed E-state index contributed by atoms with van der Waals surface area (Å²) in [6, 6.07) is 12.2. The van der Waals surface area contributed by atoms with Gasteiger partial charge < -0.3 is 4.74 Å². The first kappa shape index (κ1) is 20.0. The van der Waals surface area contributed by atoms with Gasteiger partial charge in [0.2, 0.25) is 16.8 Å². The number of carbonyl (C=O) groups excluding carboxylic acids is 1. The Morgan fingerprint density at radius 3 is 2.62 bits per heavy atom. The van der Waals surface area contributed by atoms with Gasteiger partial charge >= 0.3 is 0 Å². The Morgan fingerprint density at radius 2 is 1.86 bits per heavy atom. The van der Waals surface area contributed by atoms with E-state index in [1.807, 2.05) is 11.4 Å². The van der Waals surface area contributed by atoms with Crippen molar-refractivity contribution in [3.8, 4) is 17.0 Å². The summed E-state index contributed by atoms with van der Waals surface area (Å²) in [4.78, 5) is 17.1. The van der Waals surface area contributed by atoms with Crippen LogP contribution in [0.2, 0.25) is 15.1 Å². The normalized spacial score (nSPS) is 11.0. The predicted molar refractivity (Wildman–Crippen MR) is 117 cm³/mol. The van der Waals surface area contributed by atoms with Gasteiger partial charge in [-0.15, -0.1) is 16.4 Å². The summed E-state index contributed by atoms with van der Waals surface area (Å²) >= 11 is 19.5. The maximum absolute atomic E-state index is 12.2. The molecule has 1 amide bonds. The number of carbonyl (C=O) groups is 1. The molecule has 2 aromatic heterocycles. The lowest BCUT2D eigenvalue weighted by Crippen LogP contribution is -2.16. The van der Waals surface area contributed by atoms with Gasteiger partial charge in [-0.3, -0.25) is 10.1 Å². The van der Waals surface area contributed by atoms with Crippen molar-refractivity contribution in [2.45, 2.75) is 6.42 Å². The average Bonchev–Trinajstić information content (AvgIpc) is 3.24. The highest BCUT2D eigenvalue weighted by Gasteiger charge is 2.15. The number of rotatable bonds is 6. The Bertz CT molecular complexity index is 1170. The van der Waals surface area contributed by atoms with Crippen molar-refractivity contribution >= 4 is 63.0 Å². The van der Waals surface area contributed by atoms with E-state index in [-0.39, 0.29) is 24.9 Å². The molecule has 1 N–H and O–H groups in total. The number of aromatic nitrogens is 3. The first-order valence-electron chi connectivity index (χ1n) is 8.47. The summed E-state index contributed by atoms with van der Waals surface area (Å²) in [7, 11) is 0. The Balaban J connectivity index is 1.41. The number of fused-ring (bicyclic) bond motifs is 1. The van der Waals surface area contributed by atoms with Crippen LogP contribution in [0.15, 0.2) is 47.8 Å². The Kier molecular flexibility index (Phi) is 5.91. The molecule has 4 rings (SSSR count). The van der Waals surface area contributed by atoms with Gasteiger partial charge in [-0.1, -0.05) is 34.8 Å². The third-order valence-electron chi connectivity index (χ3n) is 3.95. The molecule has 0 bridgehead atoms. The van der Waals surface area contributed by atoms with E-state index in [2.05, 4.69) is 15.4 Å². The van der Waals surface area contributed by atoms with Crippen LogP contribution < -0.4 is 10.1 Å². The van der Waals surface area contributed by atoms with Crippen LogP contribution in [-0.2, 0) is 4.79 Å². The van der Waals surface area contributed by atoms with Crippen molar-refractivity contribution in [3.63, 3.8) is 0 Å². The van der Waals surface area contributed by atoms with Crippen LogP contribution in [0.3, 0.4) is 0 Å². The first-order chi connectivity index (χ1) is 14.0. The van der Waals surface area contributed by atoms with Crippen molar-refractivity contribution in [2.75, 3.05) is 11.9 Å². The van der Waals surface area contributed by atoms with Crippen molar-refractivity contribution in [1.29, 1.82) is 0 Å². The lowest BCUT2D eigenvalue weighted by atomic mass is 10.2. The van der Waals surface area contributed by atoms with Crippen LogP contribution in [0.25, 0.3) is 16.2 Å². The molecule has 29 heavy (non-hydrogen) atoms. The number of benzene rings is 2. The molecule has 0 saturated carbocycles. The number of nitrogens with one attached hydrogen (secondary N) is 1. The number of hydrogen-bond donors (Lipinski definition) is 1. The topological polar surface area (TPSA) is 68.5 Å². The summed E-state index contributed by atoms with van der Waals surface area (Å²) in [6.07, 6.45) is 0.158. The summed E-state index contributed by atoms with van der Waals surface area (Å²) in [5, 5.41) is 10.6. The molecular weight excluding hydrogens is 455 g/mol. The lowest BCUT2D eigenvalue weighted by Gasteiger charge is -2.05. The molecule has 0 fully saturated rings. The van der Waals surface area contributed by atoms with Crippen LogP contribution in [0, 0.1) is 0 Å². The van der Waals surface area contributed by atoms with E-state index in [4.69, 9.17) is 39.5 Å². The van der Waals surface area contributed by atoms with Gasteiger partial charge in [0.15, 0.2) is 0 Å².